The lowest BCUT2D eigenvalue weighted by Crippen LogP contribution is -2.09. The lowest BCUT2D eigenvalue weighted by molar-refractivity contribution is 0.184. The van der Waals surface area contributed by atoms with E-state index < -0.39 is 6.10 Å². The van der Waals surface area contributed by atoms with Gasteiger partial charge in [0.1, 0.15) is 11.9 Å². The maximum atomic E-state index is 9.93. The molecule has 6 nitrogen and oxygen atoms in total. The normalized spacial score (nSPS) is 12.9. The van der Waals surface area contributed by atoms with Gasteiger partial charge < -0.3 is 20.0 Å². The molecule has 21 heavy (non-hydrogen) atoms. The summed E-state index contributed by atoms with van der Waals surface area (Å²) in [6, 6.07) is 5.66. The van der Waals surface area contributed by atoms with Gasteiger partial charge in [0, 0.05) is 31.2 Å². The van der Waals surface area contributed by atoms with E-state index in [1.165, 1.54) is 0 Å². The van der Waals surface area contributed by atoms with Crippen molar-refractivity contribution >= 4 is 16.7 Å². The number of rotatable bonds is 5. The summed E-state index contributed by atoms with van der Waals surface area (Å²) in [6.07, 6.45) is 5.86. The monoisotopic (exact) mass is 285 g/mol. The van der Waals surface area contributed by atoms with Crippen molar-refractivity contribution in [1.29, 1.82) is 0 Å². The zero-order valence-electron chi connectivity index (χ0n) is 12.0. The molecule has 0 saturated carbocycles. The first-order valence-corrected chi connectivity index (χ1v) is 7.04. The zero-order chi connectivity index (χ0) is 14.8. The lowest BCUT2D eigenvalue weighted by Gasteiger charge is -2.11. The summed E-state index contributed by atoms with van der Waals surface area (Å²) in [5, 5.41) is 9.93. The van der Waals surface area contributed by atoms with E-state index in [9.17, 15) is 5.11 Å². The number of nitrogen functional groups attached to an aromatic ring is 1. The number of benzene rings is 1. The Bertz CT molecular complexity index is 730. The predicted octanol–water partition coefficient (Wildman–Crippen LogP) is 1.96. The highest BCUT2D eigenvalue weighted by Crippen LogP contribution is 2.23. The first kappa shape index (κ1) is 13.6. The van der Waals surface area contributed by atoms with Crippen LogP contribution in [0.2, 0.25) is 0 Å². The molecule has 0 aliphatic rings. The molecule has 0 saturated heterocycles. The molecule has 0 amide bonds. The molecule has 2 heterocycles. The van der Waals surface area contributed by atoms with Crippen LogP contribution >= 0.6 is 0 Å². The molecule has 2 aromatic heterocycles. The molecule has 3 aromatic rings. The topological polar surface area (TPSA) is 81.9 Å². The number of nitrogens with two attached hydrogens (primary N) is 1. The number of aromatic nitrogens is 4. The third-order valence-corrected chi connectivity index (χ3v) is 3.53. The summed E-state index contributed by atoms with van der Waals surface area (Å²) in [6.45, 7) is 3.41. The maximum absolute atomic E-state index is 9.93. The SMILES string of the molecule is CC(O)c1nc2cc(N)ccc2n1CCCn1ccnc1. The number of fused-ring (bicyclic) bond motifs is 1. The van der Waals surface area contributed by atoms with Crippen molar-refractivity contribution in [2.24, 2.45) is 0 Å². The van der Waals surface area contributed by atoms with Crippen LogP contribution in [0.25, 0.3) is 11.0 Å². The van der Waals surface area contributed by atoms with Gasteiger partial charge in [-0.3, -0.25) is 0 Å². The van der Waals surface area contributed by atoms with E-state index in [1.54, 1.807) is 13.1 Å². The van der Waals surface area contributed by atoms with Crippen molar-refractivity contribution in [3.8, 4) is 0 Å². The van der Waals surface area contributed by atoms with Crippen molar-refractivity contribution in [2.45, 2.75) is 32.5 Å². The molecule has 110 valence electrons. The first-order valence-electron chi connectivity index (χ1n) is 7.04. The van der Waals surface area contributed by atoms with Crippen molar-refractivity contribution in [3.63, 3.8) is 0 Å². The van der Waals surface area contributed by atoms with E-state index in [4.69, 9.17) is 5.73 Å². The minimum atomic E-state index is -0.605. The van der Waals surface area contributed by atoms with Gasteiger partial charge in [-0.1, -0.05) is 0 Å². The Kier molecular flexibility index (Phi) is 3.62. The maximum Gasteiger partial charge on any atom is 0.138 e. The number of aliphatic hydroxyl groups excluding tert-OH is 1. The van der Waals surface area contributed by atoms with Gasteiger partial charge in [-0.25, -0.2) is 9.97 Å². The number of hydrogen-bond donors (Lipinski definition) is 2. The predicted molar refractivity (Wildman–Crippen MR) is 81.6 cm³/mol. The molecule has 6 heteroatoms. The Morgan fingerprint density at radius 1 is 1.33 bits per heavy atom. The Morgan fingerprint density at radius 3 is 2.90 bits per heavy atom. The molecule has 3 rings (SSSR count). The summed E-state index contributed by atoms with van der Waals surface area (Å²) < 4.78 is 4.11. The van der Waals surface area contributed by atoms with Crippen LogP contribution in [0, 0.1) is 0 Å². The Hall–Kier alpha value is -2.34. The summed E-state index contributed by atoms with van der Waals surface area (Å²) in [4.78, 5) is 8.54. The quantitative estimate of drug-likeness (QED) is 0.702. The van der Waals surface area contributed by atoms with Gasteiger partial charge in [0.2, 0.25) is 0 Å². The minimum absolute atomic E-state index is 0.605. The van der Waals surface area contributed by atoms with E-state index in [-0.39, 0.29) is 0 Å². The van der Waals surface area contributed by atoms with Gasteiger partial charge in [-0.15, -0.1) is 0 Å². The number of aliphatic hydroxyl groups is 1. The van der Waals surface area contributed by atoms with Gasteiger partial charge in [0.25, 0.3) is 0 Å². The van der Waals surface area contributed by atoms with Gasteiger partial charge in [-0.2, -0.15) is 0 Å². The Labute approximate surface area is 122 Å². The van der Waals surface area contributed by atoms with Crippen molar-refractivity contribution in [2.75, 3.05) is 5.73 Å². The largest absolute Gasteiger partial charge is 0.399 e. The average Bonchev–Trinajstić information content (AvgIpc) is 3.06. The van der Waals surface area contributed by atoms with Crippen LogP contribution in [-0.4, -0.2) is 24.2 Å². The number of nitrogens with zero attached hydrogens (tertiary/aromatic N) is 4. The van der Waals surface area contributed by atoms with Crippen LogP contribution in [0.15, 0.2) is 36.9 Å². The summed E-state index contributed by atoms with van der Waals surface area (Å²) in [5.41, 5.74) is 8.32. The van der Waals surface area contributed by atoms with Gasteiger partial charge >= 0.3 is 0 Å². The van der Waals surface area contributed by atoms with Gasteiger partial charge in [0.05, 0.1) is 17.4 Å². The molecule has 0 radical (unpaired) electrons. The summed E-state index contributed by atoms with van der Waals surface area (Å²) in [7, 11) is 0. The van der Waals surface area contributed by atoms with Crippen LogP contribution in [0.3, 0.4) is 0 Å². The second kappa shape index (κ2) is 5.57. The Balaban J connectivity index is 1.86. The molecule has 1 aromatic carbocycles. The first-order chi connectivity index (χ1) is 10.1. The zero-order valence-corrected chi connectivity index (χ0v) is 12.0. The molecule has 0 bridgehead atoms. The highest BCUT2D eigenvalue weighted by molar-refractivity contribution is 5.79. The fraction of sp³-hybridized carbons (Fsp3) is 0.333. The molecule has 0 aliphatic carbocycles. The summed E-state index contributed by atoms with van der Waals surface area (Å²) >= 11 is 0. The second-order valence-corrected chi connectivity index (χ2v) is 5.20. The van der Waals surface area contributed by atoms with E-state index in [0.29, 0.717) is 11.5 Å². The molecular formula is C15H19N5O. The lowest BCUT2D eigenvalue weighted by atomic mass is 10.2. The highest BCUT2D eigenvalue weighted by Gasteiger charge is 2.14. The van der Waals surface area contributed by atoms with E-state index in [1.807, 2.05) is 35.3 Å². The van der Waals surface area contributed by atoms with Crippen LogP contribution in [-0.2, 0) is 13.1 Å². The number of hydrogen-bond acceptors (Lipinski definition) is 4. The second-order valence-electron chi connectivity index (χ2n) is 5.20. The third kappa shape index (κ3) is 2.75. The van der Waals surface area contributed by atoms with Gasteiger partial charge in [-0.05, 0) is 31.5 Å². The minimum Gasteiger partial charge on any atom is -0.399 e. The van der Waals surface area contributed by atoms with Crippen molar-refractivity contribution in [1.82, 2.24) is 19.1 Å². The molecule has 0 fully saturated rings. The van der Waals surface area contributed by atoms with E-state index in [0.717, 1.165) is 30.5 Å². The molecule has 1 atom stereocenters. The van der Waals surface area contributed by atoms with Gasteiger partial charge in [0.15, 0.2) is 0 Å². The van der Waals surface area contributed by atoms with Crippen LogP contribution in [0.4, 0.5) is 5.69 Å². The molecule has 0 spiro atoms. The van der Waals surface area contributed by atoms with Crippen molar-refractivity contribution in [3.05, 3.63) is 42.7 Å². The number of imidazole rings is 2. The van der Waals surface area contributed by atoms with E-state index >= 15 is 0 Å². The fourth-order valence-corrected chi connectivity index (χ4v) is 2.55. The molecular weight excluding hydrogens is 266 g/mol. The molecule has 3 N–H and O–H groups in total. The molecule has 1 unspecified atom stereocenters. The Morgan fingerprint density at radius 2 is 2.19 bits per heavy atom. The third-order valence-electron chi connectivity index (χ3n) is 3.53. The number of aryl methyl sites for hydroxylation is 2. The van der Waals surface area contributed by atoms with E-state index in [2.05, 4.69) is 14.5 Å². The van der Waals surface area contributed by atoms with Crippen LogP contribution in [0.5, 0.6) is 0 Å². The van der Waals surface area contributed by atoms with Crippen LogP contribution in [0.1, 0.15) is 25.3 Å². The van der Waals surface area contributed by atoms with Crippen molar-refractivity contribution < 1.29 is 5.11 Å². The fourth-order valence-electron chi connectivity index (χ4n) is 2.55. The highest BCUT2D eigenvalue weighted by atomic mass is 16.3. The number of anilines is 1. The van der Waals surface area contributed by atoms with Crippen LogP contribution < -0.4 is 5.73 Å². The smallest absolute Gasteiger partial charge is 0.138 e. The average molecular weight is 285 g/mol. The summed E-state index contributed by atoms with van der Waals surface area (Å²) in [5.74, 6) is 0.682. The standard InChI is InChI=1S/C15H19N5O/c1-11(21)15-18-13-9-12(16)3-4-14(13)20(15)7-2-6-19-8-5-17-10-19/h3-5,8-11,21H,2,6-7,16H2,1H3. The molecule has 0 aliphatic heterocycles.